The molecule has 2 rings (SSSR count). The fourth-order valence-electron chi connectivity index (χ4n) is 2.98. The number of rotatable bonds is 6. The molecule has 5 heteroatoms. The number of ether oxygens (including phenoxy) is 2. The largest absolute Gasteiger partial charge is 0.493 e. The third-order valence-electron chi connectivity index (χ3n) is 3.95. The maximum absolute atomic E-state index is 5.43. The predicted octanol–water partition coefficient (Wildman–Crippen LogP) is 2.66. The summed E-state index contributed by atoms with van der Waals surface area (Å²) in [6, 6.07) is 5.39. The van der Waals surface area contributed by atoms with Crippen LogP contribution in [0.4, 0.5) is 5.69 Å². The molecule has 124 valence electrons. The smallest absolute Gasteiger partial charge is 0.162 e. The van der Waals surface area contributed by atoms with Crippen LogP contribution < -0.4 is 20.2 Å². The Balaban J connectivity index is 2.22. The average Bonchev–Trinajstić information content (AvgIpc) is 2.50. The van der Waals surface area contributed by atoms with Crippen LogP contribution in [-0.2, 0) is 6.42 Å². The Morgan fingerprint density at radius 3 is 2.32 bits per heavy atom. The number of hydrazine groups is 1. The highest BCUT2D eigenvalue weighted by molar-refractivity contribution is 5.62. The van der Waals surface area contributed by atoms with Gasteiger partial charge in [-0.2, -0.15) is 0 Å². The Hall–Kier alpha value is -1.46. The summed E-state index contributed by atoms with van der Waals surface area (Å²) in [6.07, 6.45) is 0.987. The van der Waals surface area contributed by atoms with Crippen LogP contribution in [0.15, 0.2) is 12.1 Å². The molecule has 0 amide bonds. The topological polar surface area (TPSA) is 45.8 Å². The van der Waals surface area contributed by atoms with E-state index in [1.165, 1.54) is 5.56 Å². The van der Waals surface area contributed by atoms with Gasteiger partial charge >= 0.3 is 0 Å². The van der Waals surface area contributed by atoms with Gasteiger partial charge in [-0.3, -0.25) is 5.43 Å². The number of hydrogen-bond acceptors (Lipinski definition) is 5. The maximum Gasteiger partial charge on any atom is 0.162 e. The molecule has 0 aromatic heterocycles. The minimum absolute atomic E-state index is 0.410. The number of hydrogen-bond donors (Lipinski definition) is 2. The minimum atomic E-state index is 0.410. The highest BCUT2D eigenvalue weighted by Crippen LogP contribution is 2.36. The number of anilines is 1. The summed E-state index contributed by atoms with van der Waals surface area (Å²) in [5, 5.41) is 5.89. The van der Waals surface area contributed by atoms with Gasteiger partial charge in [0.05, 0.1) is 14.2 Å². The fourth-order valence-corrected chi connectivity index (χ4v) is 2.98. The maximum atomic E-state index is 5.43. The van der Waals surface area contributed by atoms with Crippen molar-refractivity contribution < 1.29 is 9.47 Å². The summed E-state index contributed by atoms with van der Waals surface area (Å²) in [6.45, 7) is 9.71. The van der Waals surface area contributed by atoms with Gasteiger partial charge in [0, 0.05) is 36.4 Å². The van der Waals surface area contributed by atoms with Gasteiger partial charge in [0.25, 0.3) is 0 Å². The van der Waals surface area contributed by atoms with Crippen molar-refractivity contribution >= 4 is 5.69 Å². The molecule has 0 spiro atoms. The van der Waals surface area contributed by atoms with Gasteiger partial charge in [-0.15, -0.1) is 0 Å². The Labute approximate surface area is 133 Å². The lowest BCUT2D eigenvalue weighted by Crippen LogP contribution is -2.56. The van der Waals surface area contributed by atoms with Gasteiger partial charge in [-0.1, -0.05) is 0 Å². The normalized spacial score (nSPS) is 17.6. The number of methoxy groups -OCH3 is 2. The van der Waals surface area contributed by atoms with E-state index < -0.39 is 0 Å². The number of nitrogens with zero attached hydrogens (tertiary/aromatic N) is 1. The van der Waals surface area contributed by atoms with Crippen molar-refractivity contribution in [3.8, 4) is 11.5 Å². The van der Waals surface area contributed by atoms with E-state index in [1.54, 1.807) is 14.2 Å². The lowest BCUT2D eigenvalue weighted by molar-refractivity contribution is 0.0744. The molecule has 1 aliphatic heterocycles. The monoisotopic (exact) mass is 307 g/mol. The number of nitrogens with one attached hydrogen (secondary N) is 2. The third kappa shape index (κ3) is 3.65. The molecule has 0 fully saturated rings. The van der Waals surface area contributed by atoms with Crippen LogP contribution in [0.2, 0.25) is 0 Å². The van der Waals surface area contributed by atoms with Crippen molar-refractivity contribution in [2.45, 2.75) is 52.2 Å². The lowest BCUT2D eigenvalue weighted by Gasteiger charge is -2.39. The van der Waals surface area contributed by atoms with Crippen LogP contribution >= 0.6 is 0 Å². The first-order chi connectivity index (χ1) is 10.5. The van der Waals surface area contributed by atoms with E-state index in [4.69, 9.17) is 9.47 Å². The lowest BCUT2D eigenvalue weighted by atomic mass is 9.98. The van der Waals surface area contributed by atoms with Crippen LogP contribution in [0, 0.1) is 0 Å². The van der Waals surface area contributed by atoms with Gasteiger partial charge < -0.3 is 14.8 Å². The minimum Gasteiger partial charge on any atom is -0.493 e. The molecular weight excluding hydrogens is 278 g/mol. The summed E-state index contributed by atoms with van der Waals surface area (Å²) in [7, 11) is 3.35. The van der Waals surface area contributed by atoms with Crippen LogP contribution in [-0.4, -0.2) is 43.9 Å². The standard InChI is InChI=1S/C17H29N3O2/c1-11(2)19-20(12(3)4)14-7-13-8-16(21-5)17(22-6)9-15(13)18-10-14/h8-9,11-12,14,18-19H,7,10H2,1-6H3/t14-/m1/s1. The van der Waals surface area contributed by atoms with Crippen molar-refractivity contribution in [1.29, 1.82) is 0 Å². The van der Waals surface area contributed by atoms with Gasteiger partial charge in [-0.25, -0.2) is 5.01 Å². The van der Waals surface area contributed by atoms with Crippen molar-refractivity contribution in [2.75, 3.05) is 26.1 Å². The molecule has 0 unspecified atom stereocenters. The molecular formula is C17H29N3O2. The molecule has 0 saturated heterocycles. The molecule has 0 radical (unpaired) electrons. The van der Waals surface area contributed by atoms with E-state index in [2.05, 4.69) is 49.5 Å². The van der Waals surface area contributed by atoms with Crippen LogP contribution in [0.25, 0.3) is 0 Å². The summed E-state index contributed by atoms with van der Waals surface area (Å²) < 4.78 is 10.8. The van der Waals surface area contributed by atoms with Gasteiger partial charge in [-0.05, 0) is 45.7 Å². The van der Waals surface area contributed by atoms with E-state index >= 15 is 0 Å². The average molecular weight is 307 g/mol. The van der Waals surface area contributed by atoms with Crippen molar-refractivity contribution in [1.82, 2.24) is 10.4 Å². The zero-order valence-corrected chi connectivity index (χ0v) is 14.6. The second kappa shape index (κ2) is 7.20. The molecule has 1 aromatic rings. The van der Waals surface area contributed by atoms with Crippen LogP contribution in [0.1, 0.15) is 33.3 Å². The Kier molecular flexibility index (Phi) is 5.53. The van der Waals surface area contributed by atoms with Crippen molar-refractivity contribution in [2.24, 2.45) is 0 Å². The summed E-state index contributed by atoms with van der Waals surface area (Å²) in [4.78, 5) is 0. The first kappa shape index (κ1) is 16.9. The Morgan fingerprint density at radius 1 is 1.14 bits per heavy atom. The molecule has 1 heterocycles. The van der Waals surface area contributed by atoms with Crippen molar-refractivity contribution in [3.63, 3.8) is 0 Å². The molecule has 0 aliphatic carbocycles. The molecule has 0 saturated carbocycles. The third-order valence-corrected chi connectivity index (χ3v) is 3.95. The molecule has 0 bridgehead atoms. The highest BCUT2D eigenvalue weighted by Gasteiger charge is 2.27. The van der Waals surface area contributed by atoms with E-state index in [9.17, 15) is 0 Å². The Morgan fingerprint density at radius 2 is 1.77 bits per heavy atom. The first-order valence-electron chi connectivity index (χ1n) is 7.99. The quantitative estimate of drug-likeness (QED) is 0.791. The predicted molar refractivity (Wildman–Crippen MR) is 90.8 cm³/mol. The highest BCUT2D eigenvalue weighted by atomic mass is 16.5. The molecule has 1 aromatic carbocycles. The van der Waals surface area contributed by atoms with Crippen LogP contribution in [0.3, 0.4) is 0 Å². The van der Waals surface area contributed by atoms with Crippen LogP contribution in [0.5, 0.6) is 11.5 Å². The molecule has 22 heavy (non-hydrogen) atoms. The number of benzene rings is 1. The second-order valence-electron chi connectivity index (χ2n) is 6.39. The summed E-state index contributed by atoms with van der Waals surface area (Å²) in [5.41, 5.74) is 5.98. The van der Waals surface area contributed by atoms with Crippen molar-refractivity contribution in [3.05, 3.63) is 17.7 Å². The van der Waals surface area contributed by atoms with E-state index in [0.717, 1.165) is 30.2 Å². The van der Waals surface area contributed by atoms with E-state index in [-0.39, 0.29) is 0 Å². The fraction of sp³-hybridized carbons (Fsp3) is 0.647. The number of fused-ring (bicyclic) bond motifs is 1. The Bertz CT molecular complexity index is 503. The molecule has 2 N–H and O–H groups in total. The van der Waals surface area contributed by atoms with Gasteiger partial charge in [0.15, 0.2) is 11.5 Å². The van der Waals surface area contributed by atoms with E-state index in [0.29, 0.717) is 18.1 Å². The zero-order valence-electron chi connectivity index (χ0n) is 14.6. The van der Waals surface area contributed by atoms with Gasteiger partial charge in [0.1, 0.15) is 0 Å². The molecule has 1 aliphatic rings. The zero-order chi connectivity index (χ0) is 16.3. The first-order valence-corrected chi connectivity index (χ1v) is 7.99. The van der Waals surface area contributed by atoms with Gasteiger partial charge in [0.2, 0.25) is 0 Å². The molecule has 5 nitrogen and oxygen atoms in total. The summed E-state index contributed by atoms with van der Waals surface area (Å²) >= 11 is 0. The van der Waals surface area contributed by atoms with E-state index in [1.807, 2.05) is 6.07 Å². The second-order valence-corrected chi connectivity index (χ2v) is 6.39. The molecule has 1 atom stereocenters. The SMILES string of the molecule is COc1cc2c(cc1OC)NC[C@H](N(NC(C)C)C(C)C)C2. The summed E-state index contributed by atoms with van der Waals surface area (Å²) in [5.74, 6) is 1.56.